The number of carbonyl (C=O) groups excluding carboxylic acids is 1. The fourth-order valence-electron chi connectivity index (χ4n) is 5.02. The van der Waals surface area contributed by atoms with Gasteiger partial charge in [0.15, 0.2) is 16.3 Å². The Hall–Kier alpha value is -4.97. The highest BCUT2D eigenvalue weighted by Crippen LogP contribution is 2.36. The number of ether oxygens (including phenoxy) is 3. The number of nitrogens with zero attached hydrogens (tertiary/aromatic N) is 3. The Morgan fingerprint density at radius 3 is 2.53 bits per heavy atom. The van der Waals surface area contributed by atoms with E-state index in [1.807, 2.05) is 6.07 Å². The Kier molecular flexibility index (Phi) is 8.05. The molecule has 0 N–H and O–H groups in total. The second kappa shape index (κ2) is 11.7. The fourth-order valence-corrected chi connectivity index (χ4v) is 6.04. The smallest absolute Gasteiger partial charge is 0.338 e. The Balaban J connectivity index is 1.64. The summed E-state index contributed by atoms with van der Waals surface area (Å²) in [5, 5.41) is 11.5. The van der Waals surface area contributed by atoms with E-state index in [1.54, 1.807) is 64.1 Å². The van der Waals surface area contributed by atoms with Gasteiger partial charge in [0.2, 0.25) is 0 Å². The third-order valence-corrected chi connectivity index (χ3v) is 8.24. The van der Waals surface area contributed by atoms with E-state index in [4.69, 9.17) is 18.6 Å². The van der Waals surface area contributed by atoms with Gasteiger partial charge in [0, 0.05) is 23.3 Å². The Morgan fingerprint density at radius 2 is 1.86 bits per heavy atom. The maximum absolute atomic E-state index is 13.9. The minimum absolute atomic E-state index is 0.00388. The van der Waals surface area contributed by atoms with Gasteiger partial charge in [-0.15, -0.1) is 0 Å². The molecule has 0 saturated heterocycles. The highest BCUT2D eigenvalue weighted by molar-refractivity contribution is 7.07. The number of allylic oxidation sites excluding steroid dienone is 1. The molecule has 1 atom stereocenters. The second-order valence-electron chi connectivity index (χ2n) is 9.81. The van der Waals surface area contributed by atoms with Gasteiger partial charge in [-0.05, 0) is 69.2 Å². The molecule has 1 aliphatic heterocycles. The first-order valence-electron chi connectivity index (χ1n) is 13.3. The van der Waals surface area contributed by atoms with E-state index >= 15 is 0 Å². The number of carbonyl (C=O) groups is 1. The molecule has 2 aromatic heterocycles. The molecule has 0 aliphatic carbocycles. The lowest BCUT2D eigenvalue weighted by molar-refractivity contribution is -0.385. The number of aromatic nitrogens is 1. The largest absolute Gasteiger partial charge is 0.493 e. The molecule has 43 heavy (non-hydrogen) atoms. The number of benzene rings is 2. The molecule has 0 radical (unpaired) electrons. The van der Waals surface area contributed by atoms with Gasteiger partial charge in [0.25, 0.3) is 11.2 Å². The van der Waals surface area contributed by atoms with Crippen molar-refractivity contribution in [2.24, 2.45) is 4.99 Å². The highest BCUT2D eigenvalue weighted by Gasteiger charge is 2.34. The number of furan rings is 1. The van der Waals surface area contributed by atoms with E-state index < -0.39 is 16.9 Å². The molecule has 2 aromatic carbocycles. The zero-order valence-corrected chi connectivity index (χ0v) is 25.2. The monoisotopic (exact) mass is 603 g/mol. The molecule has 222 valence electrons. The average molecular weight is 604 g/mol. The van der Waals surface area contributed by atoms with Crippen LogP contribution in [0.5, 0.6) is 11.5 Å². The molecule has 0 fully saturated rings. The molecule has 3 heterocycles. The molecule has 0 saturated carbocycles. The summed E-state index contributed by atoms with van der Waals surface area (Å²) < 4.78 is 24.0. The molecule has 5 rings (SSSR count). The van der Waals surface area contributed by atoms with Crippen LogP contribution in [0, 0.1) is 24.0 Å². The van der Waals surface area contributed by atoms with E-state index in [9.17, 15) is 19.7 Å². The number of fused-ring (bicyclic) bond motifs is 1. The zero-order valence-electron chi connectivity index (χ0n) is 24.4. The number of hydrogen-bond acceptors (Lipinski definition) is 10. The quantitative estimate of drug-likeness (QED) is 0.162. The average Bonchev–Trinajstić information content (AvgIpc) is 3.57. The van der Waals surface area contributed by atoms with Crippen LogP contribution in [0.2, 0.25) is 0 Å². The molecular formula is C31H29N3O8S. The van der Waals surface area contributed by atoms with Crippen molar-refractivity contribution in [1.29, 1.82) is 0 Å². The van der Waals surface area contributed by atoms with Crippen molar-refractivity contribution in [2.45, 2.75) is 33.7 Å². The normalized spacial score (nSPS) is 14.7. The SMILES string of the molecule is CCOC(=O)C1=C(C)N=c2sc(=Cc3ccc(-c4cc(C)c(C)c([N+](=O)[O-])c4)o3)c(=O)n2C1c1ccc(OC)c(OC)c1. The number of esters is 1. The number of aryl methyl sites for hydroxylation is 1. The molecule has 0 spiro atoms. The van der Waals surface area contributed by atoms with Crippen LogP contribution in [0.4, 0.5) is 5.69 Å². The first-order chi connectivity index (χ1) is 20.6. The van der Waals surface area contributed by atoms with Crippen molar-refractivity contribution in [3.05, 3.63) is 106 Å². The van der Waals surface area contributed by atoms with Crippen LogP contribution in [0.1, 0.15) is 42.3 Å². The molecule has 0 bridgehead atoms. The van der Waals surface area contributed by atoms with Gasteiger partial charge in [-0.3, -0.25) is 19.5 Å². The summed E-state index contributed by atoms with van der Waals surface area (Å²) in [7, 11) is 3.03. The minimum Gasteiger partial charge on any atom is -0.493 e. The predicted octanol–water partition coefficient (Wildman–Crippen LogP) is 4.60. The molecule has 1 aliphatic rings. The number of nitro groups is 1. The van der Waals surface area contributed by atoms with Crippen molar-refractivity contribution in [3.8, 4) is 22.8 Å². The number of thiazole rings is 1. The third kappa shape index (κ3) is 5.37. The van der Waals surface area contributed by atoms with Gasteiger partial charge < -0.3 is 18.6 Å². The fraction of sp³-hybridized carbons (Fsp3) is 0.258. The lowest BCUT2D eigenvalue weighted by Gasteiger charge is -2.25. The lowest BCUT2D eigenvalue weighted by Crippen LogP contribution is -2.39. The molecular weight excluding hydrogens is 574 g/mol. The number of methoxy groups -OCH3 is 2. The van der Waals surface area contributed by atoms with Crippen LogP contribution >= 0.6 is 11.3 Å². The summed E-state index contributed by atoms with van der Waals surface area (Å²) in [5.41, 5.74) is 2.81. The Labute approximate surface area is 250 Å². The van der Waals surface area contributed by atoms with Crippen LogP contribution in [-0.4, -0.2) is 36.3 Å². The third-order valence-electron chi connectivity index (χ3n) is 7.26. The van der Waals surface area contributed by atoms with E-state index in [0.717, 1.165) is 16.9 Å². The summed E-state index contributed by atoms with van der Waals surface area (Å²) in [6.07, 6.45) is 1.60. The van der Waals surface area contributed by atoms with Crippen LogP contribution < -0.4 is 24.4 Å². The van der Waals surface area contributed by atoms with Crippen molar-refractivity contribution >= 4 is 29.1 Å². The standard InChI is InChI=1S/C31H29N3O8S/c1-7-41-30(36)27-18(4)32-31-33(28(27)19-8-10-24(39-5)25(14-19)40-6)29(35)26(43-31)15-21-9-11-23(42-21)20-12-16(2)17(3)22(13-20)34(37)38/h8-15,28H,7H2,1-6H3. The minimum atomic E-state index is -0.833. The van der Waals surface area contributed by atoms with Gasteiger partial charge in [0.05, 0.1) is 47.6 Å². The summed E-state index contributed by atoms with van der Waals surface area (Å²) >= 11 is 1.16. The van der Waals surface area contributed by atoms with Gasteiger partial charge in [0.1, 0.15) is 11.5 Å². The zero-order chi connectivity index (χ0) is 31.0. The van der Waals surface area contributed by atoms with E-state index in [1.165, 1.54) is 24.9 Å². The number of rotatable bonds is 8. The van der Waals surface area contributed by atoms with Crippen molar-refractivity contribution < 1.29 is 28.3 Å². The molecule has 4 aromatic rings. The number of hydrogen-bond donors (Lipinski definition) is 0. The summed E-state index contributed by atoms with van der Waals surface area (Å²) in [6.45, 7) is 7.08. The Bertz CT molecular complexity index is 1980. The molecule has 0 amide bonds. The lowest BCUT2D eigenvalue weighted by atomic mass is 9.95. The van der Waals surface area contributed by atoms with Gasteiger partial charge in [-0.25, -0.2) is 9.79 Å². The first kappa shape index (κ1) is 29.5. The summed E-state index contributed by atoms with van der Waals surface area (Å²) in [5.74, 6) is 1.17. The topological polar surface area (TPSA) is 135 Å². The highest BCUT2D eigenvalue weighted by atomic mass is 32.1. The van der Waals surface area contributed by atoms with Crippen LogP contribution in [-0.2, 0) is 9.53 Å². The van der Waals surface area contributed by atoms with E-state index in [0.29, 0.717) is 54.7 Å². The predicted molar refractivity (Wildman–Crippen MR) is 160 cm³/mol. The summed E-state index contributed by atoms with van der Waals surface area (Å²) in [6, 6.07) is 11.1. The van der Waals surface area contributed by atoms with Gasteiger partial charge >= 0.3 is 5.97 Å². The van der Waals surface area contributed by atoms with Crippen LogP contribution in [0.3, 0.4) is 0 Å². The molecule has 1 unspecified atom stereocenters. The van der Waals surface area contributed by atoms with Crippen LogP contribution in [0.15, 0.2) is 67.9 Å². The van der Waals surface area contributed by atoms with Gasteiger partial charge in [-0.2, -0.15) is 0 Å². The molecule has 12 heteroatoms. The van der Waals surface area contributed by atoms with Gasteiger partial charge in [-0.1, -0.05) is 17.4 Å². The van der Waals surface area contributed by atoms with Crippen LogP contribution in [0.25, 0.3) is 17.4 Å². The number of nitro benzene ring substituents is 1. The van der Waals surface area contributed by atoms with Crippen molar-refractivity contribution in [2.75, 3.05) is 20.8 Å². The second-order valence-corrected chi connectivity index (χ2v) is 10.8. The van der Waals surface area contributed by atoms with E-state index in [-0.39, 0.29) is 23.4 Å². The first-order valence-corrected chi connectivity index (χ1v) is 14.2. The maximum atomic E-state index is 13.9. The maximum Gasteiger partial charge on any atom is 0.338 e. The van der Waals surface area contributed by atoms with E-state index in [2.05, 4.69) is 4.99 Å². The molecule has 11 nitrogen and oxygen atoms in total. The Morgan fingerprint density at radius 1 is 1.12 bits per heavy atom. The van der Waals surface area contributed by atoms with Crippen molar-refractivity contribution in [1.82, 2.24) is 4.57 Å². The summed E-state index contributed by atoms with van der Waals surface area (Å²) in [4.78, 5) is 43.2. The van der Waals surface area contributed by atoms with Crippen molar-refractivity contribution in [3.63, 3.8) is 0 Å².